The number of hydrogen-bond donors (Lipinski definition) is 1. The largest absolute Gasteiger partial charge is 0.341 e. The summed E-state index contributed by atoms with van der Waals surface area (Å²) in [6.07, 6.45) is 8.33. The zero-order valence-corrected chi connectivity index (χ0v) is 20.2. The molecule has 0 radical (unpaired) electrons. The van der Waals surface area contributed by atoms with Gasteiger partial charge >= 0.3 is 0 Å². The minimum atomic E-state index is -0.304. The van der Waals surface area contributed by atoms with Crippen LogP contribution in [0.2, 0.25) is 0 Å². The van der Waals surface area contributed by atoms with Gasteiger partial charge < -0.3 is 15.5 Å². The monoisotopic (exact) mass is 453 g/mol. The molecule has 2 heterocycles. The molecule has 1 saturated heterocycles. The molecule has 0 aromatic heterocycles. The number of carbonyl (C=O) groups excluding carboxylic acids is 3. The fourth-order valence-electron chi connectivity index (χ4n) is 6.06. The molecule has 1 aliphatic carbocycles. The Morgan fingerprint density at radius 3 is 2.52 bits per heavy atom. The van der Waals surface area contributed by atoms with Crippen LogP contribution >= 0.6 is 0 Å². The van der Waals surface area contributed by atoms with Crippen LogP contribution in [0.5, 0.6) is 0 Å². The first-order valence-corrected chi connectivity index (χ1v) is 12.9. The number of hydrogen-bond acceptors (Lipinski definition) is 4. The van der Waals surface area contributed by atoms with Gasteiger partial charge in [0.05, 0.1) is 12.6 Å². The highest BCUT2D eigenvalue weighted by molar-refractivity contribution is 6.00. The second-order valence-electron chi connectivity index (χ2n) is 10.4. The number of ketones is 1. The van der Waals surface area contributed by atoms with Crippen molar-refractivity contribution in [1.82, 2.24) is 9.80 Å². The number of carbonyl (C=O) groups is 3. The summed E-state index contributed by atoms with van der Waals surface area (Å²) in [5.41, 5.74) is 8.51. The third-order valence-corrected chi connectivity index (χ3v) is 7.96. The van der Waals surface area contributed by atoms with Gasteiger partial charge in [0.25, 0.3) is 5.91 Å². The van der Waals surface area contributed by atoms with Gasteiger partial charge in [-0.3, -0.25) is 14.4 Å². The molecule has 33 heavy (non-hydrogen) atoms. The van der Waals surface area contributed by atoms with Crippen LogP contribution in [0.3, 0.4) is 0 Å². The molecule has 6 heteroatoms. The number of benzene rings is 1. The van der Waals surface area contributed by atoms with Gasteiger partial charge in [0.1, 0.15) is 0 Å². The lowest BCUT2D eigenvalue weighted by Crippen LogP contribution is -2.53. The average molecular weight is 454 g/mol. The molecule has 180 valence electrons. The van der Waals surface area contributed by atoms with E-state index in [4.69, 9.17) is 5.73 Å². The lowest BCUT2D eigenvalue weighted by atomic mass is 9.78. The summed E-state index contributed by atoms with van der Waals surface area (Å²) in [5.74, 6) is 0.616. The molecule has 6 nitrogen and oxygen atoms in total. The van der Waals surface area contributed by atoms with Crippen molar-refractivity contribution < 1.29 is 14.4 Å². The van der Waals surface area contributed by atoms with Gasteiger partial charge in [-0.05, 0) is 55.2 Å². The zero-order valence-electron chi connectivity index (χ0n) is 20.2. The van der Waals surface area contributed by atoms with Crippen LogP contribution in [0.4, 0.5) is 0 Å². The van der Waals surface area contributed by atoms with E-state index in [-0.39, 0.29) is 47.9 Å². The SMILES string of the molecule is CC(C)C(=O)[C@@H](C1CCCCC1)N1CCc2ccc(C3CCCN(C(=O)CN)C3)cc2C1=O. The van der Waals surface area contributed by atoms with E-state index in [1.54, 1.807) is 0 Å². The van der Waals surface area contributed by atoms with E-state index in [1.807, 2.05) is 29.7 Å². The lowest BCUT2D eigenvalue weighted by Gasteiger charge is -2.41. The number of likely N-dealkylation sites (tertiary alicyclic amines) is 1. The Balaban J connectivity index is 1.59. The van der Waals surface area contributed by atoms with Crippen LogP contribution in [0, 0.1) is 11.8 Å². The van der Waals surface area contributed by atoms with Crippen LogP contribution < -0.4 is 5.73 Å². The standard InChI is InChI=1S/C27H39N3O3/c1-18(2)26(32)25(20-7-4-3-5-8-20)30-14-12-19-10-11-21(15-23(19)27(30)33)22-9-6-13-29(17-22)24(31)16-28/h10-11,15,18,20,22,25H,3-9,12-14,16-17,28H2,1-2H3/t22?,25-/m1/s1. The van der Waals surface area contributed by atoms with E-state index < -0.39 is 0 Å². The molecule has 0 bridgehead atoms. The quantitative estimate of drug-likeness (QED) is 0.714. The molecule has 4 rings (SSSR count). The fourth-order valence-corrected chi connectivity index (χ4v) is 6.06. The van der Waals surface area contributed by atoms with E-state index in [2.05, 4.69) is 12.1 Å². The summed E-state index contributed by atoms with van der Waals surface area (Å²) >= 11 is 0. The lowest BCUT2D eigenvalue weighted by molar-refractivity contribution is -0.131. The average Bonchev–Trinajstić information content (AvgIpc) is 2.85. The summed E-state index contributed by atoms with van der Waals surface area (Å²) in [4.78, 5) is 42.9. The first kappa shape index (κ1) is 23.9. The van der Waals surface area contributed by atoms with Gasteiger partial charge in [0, 0.05) is 37.0 Å². The maximum Gasteiger partial charge on any atom is 0.254 e. The molecule has 2 fully saturated rings. The number of piperidine rings is 1. The van der Waals surface area contributed by atoms with E-state index in [9.17, 15) is 14.4 Å². The first-order valence-electron chi connectivity index (χ1n) is 12.9. The highest BCUT2D eigenvalue weighted by atomic mass is 16.2. The van der Waals surface area contributed by atoms with Crippen molar-refractivity contribution in [2.75, 3.05) is 26.2 Å². The van der Waals surface area contributed by atoms with Crippen molar-refractivity contribution in [1.29, 1.82) is 0 Å². The van der Waals surface area contributed by atoms with Gasteiger partial charge in [-0.25, -0.2) is 0 Å². The summed E-state index contributed by atoms with van der Waals surface area (Å²) < 4.78 is 0. The van der Waals surface area contributed by atoms with Crippen LogP contribution in [-0.4, -0.2) is 59.6 Å². The molecular weight excluding hydrogens is 414 g/mol. The highest BCUT2D eigenvalue weighted by Gasteiger charge is 2.40. The van der Waals surface area contributed by atoms with Crippen LogP contribution in [0.15, 0.2) is 18.2 Å². The Morgan fingerprint density at radius 2 is 1.82 bits per heavy atom. The van der Waals surface area contributed by atoms with Gasteiger partial charge in [0.2, 0.25) is 5.91 Å². The number of nitrogens with two attached hydrogens (primary N) is 1. The maximum absolute atomic E-state index is 13.8. The van der Waals surface area contributed by atoms with Crippen LogP contribution in [0.25, 0.3) is 0 Å². The van der Waals surface area contributed by atoms with Gasteiger partial charge in [0.15, 0.2) is 5.78 Å². The normalized spacial score (nSPS) is 22.9. The number of amides is 2. The Morgan fingerprint density at radius 1 is 1.06 bits per heavy atom. The van der Waals surface area contributed by atoms with E-state index >= 15 is 0 Å². The van der Waals surface area contributed by atoms with E-state index in [1.165, 1.54) is 6.42 Å². The van der Waals surface area contributed by atoms with Crippen LogP contribution in [0.1, 0.15) is 86.2 Å². The first-order chi connectivity index (χ1) is 15.9. The number of fused-ring (bicyclic) bond motifs is 1. The number of nitrogens with zero attached hydrogens (tertiary/aromatic N) is 2. The molecule has 0 spiro atoms. The molecule has 2 N–H and O–H groups in total. The fraction of sp³-hybridized carbons (Fsp3) is 0.667. The van der Waals surface area contributed by atoms with Crippen LogP contribution in [-0.2, 0) is 16.0 Å². The van der Waals surface area contributed by atoms with Gasteiger partial charge in [-0.15, -0.1) is 0 Å². The third kappa shape index (κ3) is 5.01. The summed E-state index contributed by atoms with van der Waals surface area (Å²) in [6, 6.07) is 5.95. The van der Waals surface area contributed by atoms with Crippen molar-refractivity contribution in [2.24, 2.45) is 17.6 Å². The molecule has 1 unspecified atom stereocenters. The van der Waals surface area contributed by atoms with E-state index in [0.29, 0.717) is 13.1 Å². The summed E-state index contributed by atoms with van der Waals surface area (Å²) in [6.45, 7) is 5.98. The smallest absolute Gasteiger partial charge is 0.254 e. The molecule has 2 amide bonds. The molecule has 3 aliphatic rings. The second kappa shape index (κ2) is 10.4. The number of Topliss-reactive ketones (excluding diaryl/α,β-unsaturated/α-hetero) is 1. The zero-order chi connectivity index (χ0) is 23.5. The van der Waals surface area contributed by atoms with Crippen molar-refractivity contribution in [3.63, 3.8) is 0 Å². The Bertz CT molecular complexity index is 891. The topological polar surface area (TPSA) is 83.7 Å². The summed E-state index contributed by atoms with van der Waals surface area (Å²) in [7, 11) is 0. The van der Waals surface area contributed by atoms with Crippen molar-refractivity contribution in [2.45, 2.75) is 77.2 Å². The Labute approximate surface area is 197 Å². The maximum atomic E-state index is 13.8. The minimum Gasteiger partial charge on any atom is -0.341 e. The summed E-state index contributed by atoms with van der Waals surface area (Å²) in [5, 5.41) is 0. The Kier molecular flexibility index (Phi) is 7.52. The minimum absolute atomic E-state index is 0.00775. The van der Waals surface area contributed by atoms with E-state index in [0.717, 1.165) is 68.2 Å². The molecule has 2 aliphatic heterocycles. The molecule has 2 atom stereocenters. The van der Waals surface area contributed by atoms with Crippen molar-refractivity contribution in [3.05, 3.63) is 34.9 Å². The second-order valence-corrected chi connectivity index (χ2v) is 10.4. The van der Waals surface area contributed by atoms with Gasteiger partial charge in [-0.2, -0.15) is 0 Å². The predicted molar refractivity (Wildman–Crippen MR) is 129 cm³/mol. The van der Waals surface area contributed by atoms with Gasteiger partial charge in [-0.1, -0.05) is 45.2 Å². The van der Waals surface area contributed by atoms with Crippen molar-refractivity contribution in [3.8, 4) is 0 Å². The number of rotatable bonds is 6. The Hall–Kier alpha value is -2.21. The molecule has 1 saturated carbocycles. The van der Waals surface area contributed by atoms with Crippen molar-refractivity contribution >= 4 is 17.6 Å². The third-order valence-electron chi connectivity index (χ3n) is 7.96. The molecule has 1 aromatic rings. The molecule has 1 aromatic carbocycles. The highest BCUT2D eigenvalue weighted by Crippen LogP contribution is 2.35. The predicted octanol–water partition coefficient (Wildman–Crippen LogP) is 3.52. The molecular formula is C27H39N3O3.